The smallest absolute Gasteiger partial charge is 0.224 e. The summed E-state index contributed by atoms with van der Waals surface area (Å²) in [5.74, 6) is 0.664. The van der Waals surface area contributed by atoms with E-state index in [2.05, 4.69) is 36.5 Å². The Kier molecular flexibility index (Phi) is 5.39. The van der Waals surface area contributed by atoms with E-state index in [1.54, 1.807) is 0 Å². The maximum absolute atomic E-state index is 12.2. The molecule has 1 unspecified atom stereocenters. The molecule has 1 aliphatic heterocycles. The van der Waals surface area contributed by atoms with Gasteiger partial charge in [-0.2, -0.15) is 5.10 Å². The second-order valence-electron chi connectivity index (χ2n) is 6.51. The van der Waals surface area contributed by atoms with Crippen LogP contribution >= 0.6 is 0 Å². The van der Waals surface area contributed by atoms with E-state index in [4.69, 9.17) is 0 Å². The molecule has 5 nitrogen and oxygen atoms in total. The van der Waals surface area contributed by atoms with Gasteiger partial charge in [0.15, 0.2) is 0 Å². The highest BCUT2D eigenvalue weighted by Gasteiger charge is 2.19. The van der Waals surface area contributed by atoms with Gasteiger partial charge in [-0.1, -0.05) is 13.8 Å². The third-order valence-corrected chi connectivity index (χ3v) is 4.07. The van der Waals surface area contributed by atoms with Crippen molar-refractivity contribution in [2.24, 2.45) is 5.92 Å². The number of piperidine rings is 1. The third-order valence-electron chi connectivity index (χ3n) is 4.07. The highest BCUT2D eigenvalue weighted by Crippen LogP contribution is 2.15. The summed E-state index contributed by atoms with van der Waals surface area (Å²) < 4.78 is 2.03. The van der Waals surface area contributed by atoms with Gasteiger partial charge < -0.3 is 10.6 Å². The number of nitrogens with one attached hydrogen (secondary N) is 2. The van der Waals surface area contributed by atoms with E-state index in [1.807, 2.05) is 11.6 Å². The number of nitrogens with zero attached hydrogens (tertiary/aromatic N) is 2. The Morgan fingerprint density at radius 3 is 2.86 bits per heavy atom. The van der Waals surface area contributed by atoms with Gasteiger partial charge in [0.05, 0.1) is 12.1 Å². The van der Waals surface area contributed by atoms with Gasteiger partial charge >= 0.3 is 0 Å². The molecule has 0 bridgehead atoms. The van der Waals surface area contributed by atoms with Crippen LogP contribution in [0.5, 0.6) is 0 Å². The van der Waals surface area contributed by atoms with Crippen molar-refractivity contribution >= 4 is 5.91 Å². The predicted octanol–water partition coefficient (Wildman–Crippen LogP) is 1.57. The third kappa shape index (κ3) is 4.30. The Hall–Kier alpha value is -1.36. The molecule has 118 valence electrons. The minimum absolute atomic E-state index is 0.110. The molecule has 0 spiro atoms. The van der Waals surface area contributed by atoms with Gasteiger partial charge in [-0.15, -0.1) is 0 Å². The Balaban J connectivity index is 1.98. The number of amides is 1. The lowest BCUT2D eigenvalue weighted by atomic mass is 10.1. The number of carbonyl (C=O) groups is 1. The first-order valence-corrected chi connectivity index (χ1v) is 8.00. The topological polar surface area (TPSA) is 59.0 Å². The molecule has 1 aliphatic rings. The average Bonchev–Trinajstić information content (AvgIpc) is 2.67. The quantitative estimate of drug-likeness (QED) is 0.866. The zero-order valence-electron chi connectivity index (χ0n) is 13.7. The maximum Gasteiger partial charge on any atom is 0.224 e. The van der Waals surface area contributed by atoms with E-state index in [1.165, 1.54) is 0 Å². The molecule has 1 atom stereocenters. The number of hydrogen-bond donors (Lipinski definition) is 2. The fourth-order valence-electron chi connectivity index (χ4n) is 2.93. The molecule has 2 N–H and O–H groups in total. The summed E-state index contributed by atoms with van der Waals surface area (Å²) in [5.41, 5.74) is 3.18. The van der Waals surface area contributed by atoms with Crippen LogP contribution in [0.2, 0.25) is 0 Å². The van der Waals surface area contributed by atoms with Crippen LogP contribution in [0.4, 0.5) is 0 Å². The fourth-order valence-corrected chi connectivity index (χ4v) is 2.93. The van der Waals surface area contributed by atoms with Gasteiger partial charge in [0.2, 0.25) is 5.91 Å². The van der Waals surface area contributed by atoms with Crippen LogP contribution in [-0.4, -0.2) is 34.8 Å². The van der Waals surface area contributed by atoms with Crippen molar-refractivity contribution in [3.05, 3.63) is 17.0 Å². The first-order chi connectivity index (χ1) is 9.97. The zero-order chi connectivity index (χ0) is 15.4. The molecular formula is C16H28N4O. The largest absolute Gasteiger partial charge is 0.352 e. The predicted molar refractivity (Wildman–Crippen MR) is 84.3 cm³/mol. The molecule has 0 radical (unpaired) electrons. The van der Waals surface area contributed by atoms with Crippen molar-refractivity contribution < 1.29 is 4.79 Å². The van der Waals surface area contributed by atoms with Crippen molar-refractivity contribution in [3.63, 3.8) is 0 Å². The average molecular weight is 292 g/mol. The highest BCUT2D eigenvalue weighted by atomic mass is 16.1. The molecule has 1 fully saturated rings. The van der Waals surface area contributed by atoms with Crippen molar-refractivity contribution in [2.75, 3.05) is 13.1 Å². The Morgan fingerprint density at radius 2 is 2.24 bits per heavy atom. The van der Waals surface area contributed by atoms with Crippen molar-refractivity contribution in [1.29, 1.82) is 0 Å². The Morgan fingerprint density at radius 1 is 1.48 bits per heavy atom. The van der Waals surface area contributed by atoms with Gasteiger partial charge in [0.25, 0.3) is 0 Å². The molecule has 1 saturated heterocycles. The molecular weight excluding hydrogens is 264 g/mol. The molecule has 2 rings (SSSR count). The van der Waals surface area contributed by atoms with Crippen molar-refractivity contribution in [2.45, 2.75) is 59.5 Å². The molecule has 1 amide bonds. The van der Waals surface area contributed by atoms with Crippen LogP contribution in [0, 0.1) is 19.8 Å². The van der Waals surface area contributed by atoms with Crippen LogP contribution < -0.4 is 10.6 Å². The van der Waals surface area contributed by atoms with Gasteiger partial charge in [0.1, 0.15) is 0 Å². The molecule has 21 heavy (non-hydrogen) atoms. The lowest BCUT2D eigenvalue weighted by Crippen LogP contribution is -2.46. The molecule has 0 saturated carbocycles. The Bertz CT molecular complexity index is 487. The number of rotatable bonds is 5. The van der Waals surface area contributed by atoms with Crippen LogP contribution in [0.1, 0.15) is 43.6 Å². The lowest BCUT2D eigenvalue weighted by Gasteiger charge is -2.23. The molecule has 1 aromatic rings. The summed E-state index contributed by atoms with van der Waals surface area (Å²) in [4.78, 5) is 12.2. The van der Waals surface area contributed by atoms with Crippen LogP contribution in [-0.2, 0) is 17.8 Å². The van der Waals surface area contributed by atoms with Crippen molar-refractivity contribution in [3.8, 4) is 0 Å². The molecule has 0 aliphatic carbocycles. The van der Waals surface area contributed by atoms with Crippen molar-refractivity contribution in [1.82, 2.24) is 20.4 Å². The van der Waals surface area contributed by atoms with E-state index in [0.717, 1.165) is 49.4 Å². The molecule has 0 aromatic carbocycles. The van der Waals surface area contributed by atoms with E-state index >= 15 is 0 Å². The second kappa shape index (κ2) is 7.07. The number of aromatic nitrogens is 2. The summed E-state index contributed by atoms with van der Waals surface area (Å²) in [6.45, 7) is 11.3. The van der Waals surface area contributed by atoms with Crippen LogP contribution in [0.25, 0.3) is 0 Å². The van der Waals surface area contributed by atoms with Gasteiger partial charge in [-0.25, -0.2) is 0 Å². The molecule has 1 aromatic heterocycles. The second-order valence-corrected chi connectivity index (χ2v) is 6.51. The van der Waals surface area contributed by atoms with Gasteiger partial charge in [-0.3, -0.25) is 9.48 Å². The fraction of sp³-hybridized carbons (Fsp3) is 0.750. The van der Waals surface area contributed by atoms with Gasteiger partial charge in [0, 0.05) is 30.4 Å². The molecule has 2 heterocycles. The van der Waals surface area contributed by atoms with E-state index in [-0.39, 0.29) is 11.9 Å². The maximum atomic E-state index is 12.2. The molecule has 5 heteroatoms. The highest BCUT2D eigenvalue weighted by molar-refractivity contribution is 5.79. The van der Waals surface area contributed by atoms with E-state index in [9.17, 15) is 4.79 Å². The summed E-state index contributed by atoms with van der Waals surface area (Å²) in [6, 6.07) is 0.276. The minimum Gasteiger partial charge on any atom is -0.352 e. The van der Waals surface area contributed by atoms with Crippen LogP contribution in [0.3, 0.4) is 0 Å². The van der Waals surface area contributed by atoms with E-state index in [0.29, 0.717) is 12.3 Å². The summed E-state index contributed by atoms with van der Waals surface area (Å²) in [6.07, 6.45) is 2.64. The number of hydrogen-bond acceptors (Lipinski definition) is 3. The summed E-state index contributed by atoms with van der Waals surface area (Å²) in [7, 11) is 0. The standard InChI is InChI=1S/C16H28N4O/c1-11(2)10-20-13(4)15(12(3)19-20)8-16(21)18-14-6-5-7-17-9-14/h11,14,17H,5-10H2,1-4H3,(H,18,21). The van der Waals surface area contributed by atoms with E-state index < -0.39 is 0 Å². The zero-order valence-corrected chi connectivity index (χ0v) is 13.7. The Labute approximate surface area is 127 Å². The van der Waals surface area contributed by atoms with Crippen LogP contribution in [0.15, 0.2) is 0 Å². The minimum atomic E-state index is 0.110. The SMILES string of the molecule is Cc1nn(CC(C)C)c(C)c1CC(=O)NC1CCCNC1. The number of aryl methyl sites for hydroxylation is 1. The monoisotopic (exact) mass is 292 g/mol. The lowest BCUT2D eigenvalue weighted by molar-refractivity contribution is -0.121. The normalized spacial score (nSPS) is 19.0. The summed E-state index contributed by atoms with van der Waals surface area (Å²) in [5, 5.41) is 11.0. The summed E-state index contributed by atoms with van der Waals surface area (Å²) >= 11 is 0. The first kappa shape index (κ1) is 16.0. The number of carbonyl (C=O) groups excluding carboxylic acids is 1. The first-order valence-electron chi connectivity index (χ1n) is 8.00. The van der Waals surface area contributed by atoms with Gasteiger partial charge in [-0.05, 0) is 39.2 Å².